The van der Waals surface area contributed by atoms with Crippen molar-refractivity contribution in [2.24, 2.45) is 5.10 Å². The molecule has 0 saturated carbocycles. The Hall–Kier alpha value is -3.48. The van der Waals surface area contributed by atoms with E-state index >= 15 is 0 Å². The largest absolute Gasteiger partial charge is 0.497 e. The number of ether oxygens (including phenoxy) is 1. The minimum absolute atomic E-state index is 0.373. The number of nitrogens with one attached hydrogen (secondary N) is 1. The van der Waals surface area contributed by atoms with Crippen molar-refractivity contribution in [2.75, 3.05) is 12.5 Å². The summed E-state index contributed by atoms with van der Waals surface area (Å²) in [7, 11) is 1.64. The molecule has 0 bridgehead atoms. The lowest BCUT2D eigenvalue weighted by atomic mass is 10.2. The summed E-state index contributed by atoms with van der Waals surface area (Å²) >= 11 is 0. The average Bonchev–Trinajstić information content (AvgIpc) is 3.06. The summed E-state index contributed by atoms with van der Waals surface area (Å²) in [6.07, 6.45) is 3.90. The highest BCUT2D eigenvalue weighted by atomic mass is 16.5. The lowest BCUT2D eigenvalue weighted by Crippen LogP contribution is -2.03. The van der Waals surface area contributed by atoms with Crippen LogP contribution in [-0.4, -0.2) is 33.1 Å². The van der Waals surface area contributed by atoms with Gasteiger partial charge in [-0.15, -0.1) is 10.2 Å². The number of nitrogens with zero attached hydrogens (tertiary/aromatic N) is 5. The zero-order chi connectivity index (χ0) is 19.3. The van der Waals surface area contributed by atoms with Crippen LogP contribution in [0, 0.1) is 0 Å². The normalized spacial score (nSPS) is 11.5. The van der Waals surface area contributed by atoms with Crippen LogP contribution in [0.3, 0.4) is 0 Å². The van der Waals surface area contributed by atoms with Gasteiger partial charge in [0, 0.05) is 11.9 Å². The Morgan fingerprint density at radius 2 is 1.93 bits per heavy atom. The zero-order valence-corrected chi connectivity index (χ0v) is 16.0. The Labute approximate surface area is 163 Å². The first kappa shape index (κ1) is 17.9. The van der Waals surface area contributed by atoms with Gasteiger partial charge in [-0.25, -0.2) is 5.43 Å². The molecule has 0 spiro atoms. The number of hydrazone groups is 1. The molecule has 0 amide bonds. The van der Waals surface area contributed by atoms with Crippen LogP contribution in [0.25, 0.3) is 22.1 Å². The second-order valence-corrected chi connectivity index (χ2v) is 6.47. The van der Waals surface area contributed by atoms with Crippen molar-refractivity contribution >= 4 is 34.2 Å². The highest BCUT2D eigenvalue weighted by molar-refractivity contribution is 6.04. The van der Waals surface area contributed by atoms with E-state index < -0.39 is 0 Å². The van der Waals surface area contributed by atoms with Crippen molar-refractivity contribution in [3.05, 3.63) is 54.1 Å². The third-order valence-electron chi connectivity index (χ3n) is 4.60. The molecule has 0 fully saturated rings. The molecule has 2 aromatic carbocycles. The maximum absolute atomic E-state index is 5.16. The minimum atomic E-state index is 0.373. The van der Waals surface area contributed by atoms with Gasteiger partial charge in [0.1, 0.15) is 11.3 Å². The SMILES string of the molecule is CCCCn1c2ccccc2c2nnc(N/N=C/c3ccc(OC)cc3)nc21. The van der Waals surface area contributed by atoms with Gasteiger partial charge in [0.15, 0.2) is 5.65 Å². The first-order valence-electron chi connectivity index (χ1n) is 9.35. The third-order valence-corrected chi connectivity index (χ3v) is 4.60. The lowest BCUT2D eigenvalue weighted by Gasteiger charge is -2.05. The van der Waals surface area contributed by atoms with E-state index in [4.69, 9.17) is 4.74 Å². The van der Waals surface area contributed by atoms with E-state index in [2.05, 4.69) is 49.3 Å². The quantitative estimate of drug-likeness (QED) is 0.387. The number of aryl methyl sites for hydroxylation is 1. The summed E-state index contributed by atoms with van der Waals surface area (Å²) in [5, 5.41) is 13.9. The fraction of sp³-hybridized carbons (Fsp3) is 0.238. The summed E-state index contributed by atoms with van der Waals surface area (Å²) in [6, 6.07) is 15.8. The van der Waals surface area contributed by atoms with Crippen LogP contribution < -0.4 is 10.2 Å². The van der Waals surface area contributed by atoms with Gasteiger partial charge in [-0.05, 0) is 42.3 Å². The van der Waals surface area contributed by atoms with Gasteiger partial charge in [0.25, 0.3) is 5.95 Å². The predicted molar refractivity (Wildman–Crippen MR) is 112 cm³/mol. The van der Waals surface area contributed by atoms with E-state index in [1.165, 1.54) is 0 Å². The molecule has 2 heterocycles. The summed E-state index contributed by atoms with van der Waals surface area (Å²) in [5.41, 5.74) is 6.60. The smallest absolute Gasteiger partial charge is 0.265 e. The molecule has 0 unspecified atom stereocenters. The van der Waals surface area contributed by atoms with Gasteiger partial charge in [-0.2, -0.15) is 10.1 Å². The molecule has 7 heteroatoms. The van der Waals surface area contributed by atoms with Gasteiger partial charge in [0.2, 0.25) is 0 Å². The first-order chi connectivity index (χ1) is 13.8. The Balaban J connectivity index is 1.62. The van der Waals surface area contributed by atoms with Crippen LogP contribution in [0.15, 0.2) is 53.6 Å². The van der Waals surface area contributed by atoms with Gasteiger partial charge in [0.05, 0.1) is 18.8 Å². The average molecular weight is 374 g/mol. The van der Waals surface area contributed by atoms with Gasteiger partial charge >= 0.3 is 0 Å². The number of methoxy groups -OCH3 is 1. The lowest BCUT2D eigenvalue weighted by molar-refractivity contribution is 0.415. The molecular formula is C21H22N6O. The number of fused-ring (bicyclic) bond motifs is 3. The Morgan fingerprint density at radius 3 is 2.71 bits per heavy atom. The molecule has 0 atom stereocenters. The summed E-state index contributed by atoms with van der Waals surface area (Å²) in [4.78, 5) is 4.67. The van der Waals surface area contributed by atoms with Crippen molar-refractivity contribution in [3.8, 4) is 5.75 Å². The van der Waals surface area contributed by atoms with E-state index in [0.717, 1.165) is 52.8 Å². The van der Waals surface area contributed by atoms with Gasteiger partial charge in [-0.1, -0.05) is 31.5 Å². The molecule has 0 saturated heterocycles. The second kappa shape index (κ2) is 8.04. The topological polar surface area (TPSA) is 77.2 Å². The molecule has 28 heavy (non-hydrogen) atoms. The standard InChI is InChI=1S/C21H22N6O/c1-3-4-13-27-18-8-6-5-7-17(18)19-20(27)23-21(26-24-19)25-22-14-15-9-11-16(28-2)12-10-15/h5-12,14H,3-4,13H2,1-2H3,(H,23,25,26)/b22-14+. The number of benzene rings is 2. The second-order valence-electron chi connectivity index (χ2n) is 6.47. The van der Waals surface area contributed by atoms with Crippen molar-refractivity contribution < 1.29 is 4.74 Å². The number of aromatic nitrogens is 4. The fourth-order valence-corrected chi connectivity index (χ4v) is 3.15. The summed E-state index contributed by atoms with van der Waals surface area (Å²) < 4.78 is 7.37. The minimum Gasteiger partial charge on any atom is -0.497 e. The van der Waals surface area contributed by atoms with Crippen molar-refractivity contribution in [3.63, 3.8) is 0 Å². The van der Waals surface area contributed by atoms with E-state index in [9.17, 15) is 0 Å². The number of rotatable bonds is 7. The van der Waals surface area contributed by atoms with Gasteiger partial charge < -0.3 is 9.30 Å². The van der Waals surface area contributed by atoms with E-state index in [0.29, 0.717) is 5.95 Å². The molecule has 0 aliphatic rings. The number of hydrogen-bond donors (Lipinski definition) is 1. The number of unbranched alkanes of at least 4 members (excludes halogenated alkanes) is 1. The van der Waals surface area contributed by atoms with Crippen LogP contribution in [0.5, 0.6) is 5.75 Å². The van der Waals surface area contributed by atoms with Crippen LogP contribution in [0.4, 0.5) is 5.95 Å². The monoisotopic (exact) mass is 374 g/mol. The summed E-state index contributed by atoms with van der Waals surface area (Å²) in [6.45, 7) is 3.08. The van der Waals surface area contributed by atoms with Crippen LogP contribution in [-0.2, 0) is 6.54 Å². The van der Waals surface area contributed by atoms with Crippen molar-refractivity contribution in [1.82, 2.24) is 19.7 Å². The summed E-state index contributed by atoms with van der Waals surface area (Å²) in [5.74, 6) is 1.18. The Morgan fingerprint density at radius 1 is 1.11 bits per heavy atom. The van der Waals surface area contributed by atoms with Gasteiger partial charge in [-0.3, -0.25) is 0 Å². The molecule has 0 aliphatic heterocycles. The Bertz CT molecular complexity index is 1120. The molecular weight excluding hydrogens is 352 g/mol. The fourth-order valence-electron chi connectivity index (χ4n) is 3.15. The number of hydrogen-bond acceptors (Lipinski definition) is 6. The van der Waals surface area contributed by atoms with Crippen LogP contribution >= 0.6 is 0 Å². The van der Waals surface area contributed by atoms with Crippen LogP contribution in [0.2, 0.25) is 0 Å². The van der Waals surface area contributed by atoms with Crippen molar-refractivity contribution in [1.29, 1.82) is 0 Å². The maximum atomic E-state index is 5.16. The number of para-hydroxylation sites is 1. The molecule has 2 aromatic heterocycles. The molecule has 142 valence electrons. The van der Waals surface area contributed by atoms with E-state index in [1.807, 2.05) is 36.4 Å². The van der Waals surface area contributed by atoms with Crippen molar-refractivity contribution in [2.45, 2.75) is 26.3 Å². The predicted octanol–water partition coefficient (Wildman–Crippen LogP) is 4.23. The first-order valence-corrected chi connectivity index (χ1v) is 9.35. The zero-order valence-electron chi connectivity index (χ0n) is 16.0. The van der Waals surface area contributed by atoms with Crippen LogP contribution in [0.1, 0.15) is 25.3 Å². The Kier molecular flexibility index (Phi) is 5.14. The highest BCUT2D eigenvalue weighted by Crippen LogP contribution is 2.26. The molecule has 0 aliphatic carbocycles. The van der Waals surface area contributed by atoms with E-state index in [-0.39, 0.29) is 0 Å². The molecule has 0 radical (unpaired) electrons. The molecule has 1 N–H and O–H groups in total. The molecule has 4 rings (SSSR count). The number of anilines is 1. The highest BCUT2D eigenvalue weighted by Gasteiger charge is 2.14. The molecule has 7 nitrogen and oxygen atoms in total. The third kappa shape index (κ3) is 3.51. The maximum Gasteiger partial charge on any atom is 0.265 e. The molecule has 4 aromatic rings. The van der Waals surface area contributed by atoms with E-state index in [1.54, 1.807) is 13.3 Å².